The van der Waals surface area contributed by atoms with Crippen LogP contribution >= 0.6 is 11.8 Å². The van der Waals surface area contributed by atoms with Crippen LogP contribution in [0.1, 0.15) is 11.1 Å². The van der Waals surface area contributed by atoms with Crippen LogP contribution in [0.25, 0.3) is 0 Å². The molecule has 0 saturated carbocycles. The lowest BCUT2D eigenvalue weighted by Crippen LogP contribution is -2.27. The van der Waals surface area contributed by atoms with Gasteiger partial charge in [-0.1, -0.05) is 30.0 Å². The number of benzene rings is 1. The molecule has 0 radical (unpaired) electrons. The highest BCUT2D eigenvalue weighted by atomic mass is 32.2. The lowest BCUT2D eigenvalue weighted by molar-refractivity contribution is -0.127. The van der Waals surface area contributed by atoms with E-state index in [4.69, 9.17) is 0 Å². The van der Waals surface area contributed by atoms with Crippen molar-refractivity contribution in [3.63, 3.8) is 0 Å². The van der Waals surface area contributed by atoms with E-state index in [2.05, 4.69) is 4.98 Å². The molecule has 0 atom stereocenters. The largest absolute Gasteiger partial charge is 0.341 e. The lowest BCUT2D eigenvalue weighted by Gasteiger charge is -2.17. The molecule has 2 rings (SSSR count). The molecule has 0 fully saturated rings. The highest BCUT2D eigenvalue weighted by molar-refractivity contribution is 7.99. The average Bonchev–Trinajstić information content (AvgIpc) is 2.48. The molecular weight excluding hydrogens is 287 g/mol. The molecule has 0 spiro atoms. The monoisotopic (exact) mass is 304 g/mol. The fourth-order valence-corrected chi connectivity index (χ4v) is 2.52. The van der Waals surface area contributed by atoms with Gasteiger partial charge in [-0.2, -0.15) is 0 Å². The van der Waals surface area contributed by atoms with Crippen molar-refractivity contribution in [3.8, 4) is 0 Å². The number of carbonyl (C=O) groups excluding carboxylic acids is 1. The molecule has 0 N–H and O–H groups in total. The molecule has 0 aliphatic heterocycles. The first-order valence-corrected chi connectivity index (χ1v) is 7.57. The van der Waals surface area contributed by atoms with E-state index in [9.17, 15) is 9.18 Å². The Hall–Kier alpha value is -1.88. The summed E-state index contributed by atoms with van der Waals surface area (Å²) in [6.45, 7) is 2.45. The second kappa shape index (κ2) is 7.22. The molecule has 2 aromatic rings. The van der Waals surface area contributed by atoms with Gasteiger partial charge in [0.1, 0.15) is 5.82 Å². The predicted octanol–water partition coefficient (Wildman–Crippen LogP) is 3.28. The molecule has 0 unspecified atom stereocenters. The van der Waals surface area contributed by atoms with Crippen LogP contribution in [0, 0.1) is 12.7 Å². The molecule has 21 heavy (non-hydrogen) atoms. The van der Waals surface area contributed by atoms with E-state index in [1.165, 1.54) is 23.9 Å². The summed E-state index contributed by atoms with van der Waals surface area (Å²) in [5, 5.41) is 0.837. The normalized spacial score (nSPS) is 10.4. The Morgan fingerprint density at radius 2 is 1.95 bits per heavy atom. The van der Waals surface area contributed by atoms with Gasteiger partial charge in [-0.05, 0) is 36.2 Å². The van der Waals surface area contributed by atoms with Crippen molar-refractivity contribution in [3.05, 3.63) is 59.5 Å². The summed E-state index contributed by atoms with van der Waals surface area (Å²) in [6, 6.07) is 10.1. The van der Waals surface area contributed by atoms with Crippen LogP contribution in [0.15, 0.2) is 47.6 Å². The van der Waals surface area contributed by atoms with Gasteiger partial charge in [0, 0.05) is 19.8 Å². The third-order valence-corrected chi connectivity index (χ3v) is 3.92. The van der Waals surface area contributed by atoms with E-state index < -0.39 is 0 Å². The van der Waals surface area contributed by atoms with Crippen molar-refractivity contribution < 1.29 is 9.18 Å². The summed E-state index contributed by atoms with van der Waals surface area (Å²) in [5.41, 5.74) is 2.00. The minimum Gasteiger partial charge on any atom is -0.341 e. The molecule has 3 nitrogen and oxygen atoms in total. The summed E-state index contributed by atoms with van der Waals surface area (Å²) in [7, 11) is 1.74. The summed E-state index contributed by atoms with van der Waals surface area (Å²) in [4.78, 5) is 17.9. The van der Waals surface area contributed by atoms with E-state index in [0.717, 1.165) is 16.2 Å². The quantitative estimate of drug-likeness (QED) is 0.795. The predicted molar refractivity (Wildman–Crippen MR) is 82.6 cm³/mol. The Morgan fingerprint density at radius 1 is 1.24 bits per heavy atom. The van der Waals surface area contributed by atoms with E-state index in [-0.39, 0.29) is 11.7 Å². The van der Waals surface area contributed by atoms with E-state index in [0.29, 0.717) is 12.3 Å². The molecule has 0 aliphatic carbocycles. The maximum absolute atomic E-state index is 12.8. The second-order valence-corrected chi connectivity index (χ2v) is 5.83. The van der Waals surface area contributed by atoms with Crippen LogP contribution in [0.5, 0.6) is 0 Å². The Labute approximate surface area is 128 Å². The van der Waals surface area contributed by atoms with Crippen molar-refractivity contribution in [2.24, 2.45) is 0 Å². The van der Waals surface area contributed by atoms with Gasteiger partial charge >= 0.3 is 0 Å². The van der Waals surface area contributed by atoms with Gasteiger partial charge in [0.05, 0.1) is 10.8 Å². The van der Waals surface area contributed by atoms with Crippen LogP contribution in [-0.2, 0) is 11.3 Å². The van der Waals surface area contributed by atoms with Crippen LogP contribution in [0.4, 0.5) is 4.39 Å². The zero-order valence-corrected chi connectivity index (χ0v) is 12.9. The zero-order chi connectivity index (χ0) is 15.2. The molecule has 1 amide bonds. The summed E-state index contributed by atoms with van der Waals surface area (Å²) in [6.07, 6.45) is 1.79. The Kier molecular flexibility index (Phi) is 5.33. The van der Waals surface area contributed by atoms with Gasteiger partial charge in [-0.3, -0.25) is 4.79 Å². The molecule has 5 heteroatoms. The van der Waals surface area contributed by atoms with Gasteiger partial charge in [-0.15, -0.1) is 0 Å². The molecule has 1 aromatic carbocycles. The topological polar surface area (TPSA) is 33.2 Å². The van der Waals surface area contributed by atoms with E-state index in [1.54, 1.807) is 30.3 Å². The number of aryl methyl sites for hydroxylation is 1. The molecule has 0 saturated heterocycles. The smallest absolute Gasteiger partial charge is 0.233 e. The second-order valence-electron chi connectivity index (χ2n) is 4.84. The summed E-state index contributed by atoms with van der Waals surface area (Å²) < 4.78 is 12.8. The number of aromatic nitrogens is 1. The number of hydrogen-bond acceptors (Lipinski definition) is 3. The molecule has 110 valence electrons. The van der Waals surface area contributed by atoms with Gasteiger partial charge in [-0.25, -0.2) is 9.37 Å². The number of amides is 1. The Morgan fingerprint density at radius 3 is 2.57 bits per heavy atom. The van der Waals surface area contributed by atoms with Crippen LogP contribution in [0.3, 0.4) is 0 Å². The van der Waals surface area contributed by atoms with Crippen LogP contribution < -0.4 is 0 Å². The number of carbonyl (C=O) groups is 1. The van der Waals surface area contributed by atoms with Gasteiger partial charge < -0.3 is 4.90 Å². The maximum atomic E-state index is 12.8. The lowest BCUT2D eigenvalue weighted by atomic mass is 10.2. The minimum absolute atomic E-state index is 0.0201. The summed E-state index contributed by atoms with van der Waals surface area (Å²) >= 11 is 1.42. The highest BCUT2D eigenvalue weighted by Gasteiger charge is 2.10. The molecule has 0 aliphatic rings. The summed E-state index contributed by atoms with van der Waals surface area (Å²) in [5.74, 6) is 0.0914. The number of rotatable bonds is 5. The fourth-order valence-electron chi connectivity index (χ4n) is 1.74. The standard InChI is InChI=1S/C16H17FN2OS/c1-12-3-8-15(18-9-12)21-11-16(20)19(2)10-13-4-6-14(17)7-5-13/h3-9H,10-11H2,1-2H3. The van der Waals surface area contributed by atoms with Crippen LogP contribution in [-0.4, -0.2) is 28.6 Å². The van der Waals surface area contributed by atoms with E-state index in [1.807, 2.05) is 19.1 Å². The van der Waals surface area contributed by atoms with Gasteiger partial charge in [0.2, 0.25) is 5.91 Å². The van der Waals surface area contributed by atoms with Gasteiger partial charge in [0.25, 0.3) is 0 Å². The Balaban J connectivity index is 1.84. The number of thioether (sulfide) groups is 1. The highest BCUT2D eigenvalue weighted by Crippen LogP contribution is 2.16. The molecular formula is C16H17FN2OS. The third kappa shape index (κ3) is 4.86. The number of pyridine rings is 1. The minimum atomic E-state index is -0.270. The average molecular weight is 304 g/mol. The van der Waals surface area contributed by atoms with Crippen molar-refractivity contribution in [1.82, 2.24) is 9.88 Å². The van der Waals surface area contributed by atoms with Crippen molar-refractivity contribution >= 4 is 17.7 Å². The number of hydrogen-bond donors (Lipinski definition) is 0. The fraction of sp³-hybridized carbons (Fsp3) is 0.250. The first kappa shape index (κ1) is 15.5. The SMILES string of the molecule is Cc1ccc(SCC(=O)N(C)Cc2ccc(F)cc2)nc1. The molecule has 1 aromatic heterocycles. The first-order valence-electron chi connectivity index (χ1n) is 6.58. The van der Waals surface area contributed by atoms with E-state index >= 15 is 0 Å². The molecule has 1 heterocycles. The zero-order valence-electron chi connectivity index (χ0n) is 12.0. The van der Waals surface area contributed by atoms with Crippen molar-refractivity contribution in [2.45, 2.75) is 18.5 Å². The number of halogens is 1. The van der Waals surface area contributed by atoms with Crippen molar-refractivity contribution in [1.29, 1.82) is 0 Å². The van der Waals surface area contributed by atoms with Crippen molar-refractivity contribution in [2.75, 3.05) is 12.8 Å². The Bertz CT molecular complexity index is 599. The first-order chi connectivity index (χ1) is 10.0. The number of nitrogens with zero attached hydrogens (tertiary/aromatic N) is 2. The van der Waals surface area contributed by atoms with Crippen LogP contribution in [0.2, 0.25) is 0 Å². The molecule has 0 bridgehead atoms. The maximum Gasteiger partial charge on any atom is 0.233 e. The third-order valence-electron chi connectivity index (χ3n) is 2.99. The van der Waals surface area contributed by atoms with Gasteiger partial charge in [0.15, 0.2) is 0 Å².